The molecule has 0 amide bonds. The first-order valence-electron chi connectivity index (χ1n) is 7.63. The molecule has 118 valence electrons. The molecule has 0 radical (unpaired) electrons. The van der Waals surface area contributed by atoms with Gasteiger partial charge in [-0.05, 0) is 31.1 Å². The van der Waals surface area contributed by atoms with Gasteiger partial charge in [-0.2, -0.15) is 0 Å². The zero-order chi connectivity index (χ0) is 14.0. The van der Waals surface area contributed by atoms with Crippen LogP contribution in [-0.4, -0.2) is 36.0 Å². The normalized spacial score (nSPS) is 20.3. The molecule has 1 aromatic rings. The number of halogens is 1. The molecule has 1 saturated carbocycles. The summed E-state index contributed by atoms with van der Waals surface area (Å²) < 4.78 is 0. The third-order valence-corrected chi connectivity index (χ3v) is 5.74. The highest BCUT2D eigenvalue weighted by Crippen LogP contribution is 2.47. The molecule has 1 saturated heterocycles. The van der Waals surface area contributed by atoms with E-state index in [0.29, 0.717) is 5.41 Å². The summed E-state index contributed by atoms with van der Waals surface area (Å²) in [7, 11) is 1.88. The summed E-state index contributed by atoms with van der Waals surface area (Å²) in [6, 6.07) is 0. The summed E-state index contributed by atoms with van der Waals surface area (Å²) in [6.45, 7) is 5.27. The predicted octanol–water partition coefficient (Wildman–Crippen LogP) is 3.27. The van der Waals surface area contributed by atoms with Gasteiger partial charge in [0.25, 0.3) is 0 Å². The number of thiazole rings is 1. The molecule has 1 aliphatic carbocycles. The van der Waals surface area contributed by atoms with Gasteiger partial charge in [-0.3, -0.25) is 4.99 Å². The van der Waals surface area contributed by atoms with Crippen molar-refractivity contribution in [3.05, 3.63) is 16.1 Å². The second kappa shape index (κ2) is 7.26. The predicted molar refractivity (Wildman–Crippen MR) is 99.6 cm³/mol. The standard InChI is InChI=1S/C15H24N4S.HI/c1-3-13-18-12(10-20-13)9-17-14(16-2)19-8-7-15(11-19)5-4-6-15;/h10H,3-9,11H2,1-2H3,(H,16,17);1H. The maximum absolute atomic E-state index is 4.60. The van der Waals surface area contributed by atoms with Gasteiger partial charge in [0, 0.05) is 25.5 Å². The Morgan fingerprint density at radius 3 is 2.81 bits per heavy atom. The Kier molecular flexibility index (Phi) is 5.88. The Bertz CT molecular complexity index is 496. The molecule has 2 heterocycles. The average Bonchev–Trinajstić information content (AvgIpc) is 3.05. The van der Waals surface area contributed by atoms with Crippen molar-refractivity contribution < 1.29 is 0 Å². The van der Waals surface area contributed by atoms with E-state index in [9.17, 15) is 0 Å². The number of hydrogen-bond donors (Lipinski definition) is 1. The van der Waals surface area contributed by atoms with E-state index in [1.807, 2.05) is 7.05 Å². The lowest BCUT2D eigenvalue weighted by Gasteiger charge is -2.38. The maximum Gasteiger partial charge on any atom is 0.193 e. The smallest absolute Gasteiger partial charge is 0.193 e. The number of guanidine groups is 1. The van der Waals surface area contributed by atoms with E-state index in [4.69, 9.17) is 0 Å². The average molecular weight is 420 g/mol. The molecular weight excluding hydrogens is 395 g/mol. The van der Waals surface area contributed by atoms with E-state index in [1.54, 1.807) is 11.3 Å². The second-order valence-electron chi connectivity index (χ2n) is 6.01. The lowest BCUT2D eigenvalue weighted by Crippen LogP contribution is -2.42. The Hall–Kier alpha value is -0.370. The van der Waals surface area contributed by atoms with Crippen LogP contribution in [0.3, 0.4) is 0 Å². The second-order valence-corrected chi connectivity index (χ2v) is 6.95. The van der Waals surface area contributed by atoms with Gasteiger partial charge in [-0.1, -0.05) is 13.3 Å². The third kappa shape index (κ3) is 3.70. The topological polar surface area (TPSA) is 40.5 Å². The Morgan fingerprint density at radius 1 is 1.48 bits per heavy atom. The minimum absolute atomic E-state index is 0. The van der Waals surface area contributed by atoms with Gasteiger partial charge in [-0.25, -0.2) is 4.98 Å². The van der Waals surface area contributed by atoms with Crippen molar-refractivity contribution in [2.45, 2.75) is 45.6 Å². The third-order valence-electron chi connectivity index (χ3n) is 4.69. The number of nitrogens with zero attached hydrogens (tertiary/aromatic N) is 3. The number of hydrogen-bond acceptors (Lipinski definition) is 3. The van der Waals surface area contributed by atoms with Crippen molar-refractivity contribution in [1.82, 2.24) is 15.2 Å². The minimum Gasteiger partial charge on any atom is -0.351 e. The van der Waals surface area contributed by atoms with Crippen LogP contribution in [-0.2, 0) is 13.0 Å². The number of likely N-dealkylation sites (tertiary alicyclic amines) is 1. The Labute approximate surface area is 148 Å². The van der Waals surface area contributed by atoms with Crippen LogP contribution in [0.1, 0.15) is 43.3 Å². The van der Waals surface area contributed by atoms with Crippen LogP contribution in [0, 0.1) is 5.41 Å². The molecular formula is C15H25IN4S. The molecule has 0 atom stereocenters. The number of aryl methyl sites for hydroxylation is 1. The van der Waals surface area contributed by atoms with Crippen LogP contribution in [0.4, 0.5) is 0 Å². The highest BCUT2D eigenvalue weighted by Gasteiger charge is 2.43. The van der Waals surface area contributed by atoms with E-state index in [1.165, 1.54) is 37.2 Å². The van der Waals surface area contributed by atoms with Gasteiger partial charge < -0.3 is 10.2 Å². The van der Waals surface area contributed by atoms with Crippen LogP contribution < -0.4 is 5.32 Å². The highest BCUT2D eigenvalue weighted by atomic mass is 127. The highest BCUT2D eigenvalue weighted by molar-refractivity contribution is 14.0. The number of aliphatic imine (C=N–C) groups is 1. The fourth-order valence-corrected chi connectivity index (χ4v) is 4.04. The largest absolute Gasteiger partial charge is 0.351 e. The van der Waals surface area contributed by atoms with Crippen molar-refractivity contribution in [2.24, 2.45) is 10.4 Å². The van der Waals surface area contributed by atoms with Crippen LogP contribution in [0.5, 0.6) is 0 Å². The number of rotatable bonds is 3. The van der Waals surface area contributed by atoms with E-state index in [0.717, 1.165) is 31.2 Å². The van der Waals surface area contributed by atoms with Crippen LogP contribution >= 0.6 is 35.3 Å². The van der Waals surface area contributed by atoms with Gasteiger partial charge in [0.05, 0.1) is 17.2 Å². The molecule has 1 N–H and O–H groups in total. The fraction of sp³-hybridized carbons (Fsp3) is 0.733. The molecule has 1 spiro atoms. The summed E-state index contributed by atoms with van der Waals surface area (Å²) in [6.07, 6.45) is 6.59. The van der Waals surface area contributed by atoms with Crippen molar-refractivity contribution >= 4 is 41.3 Å². The zero-order valence-electron chi connectivity index (χ0n) is 12.9. The van der Waals surface area contributed by atoms with Crippen LogP contribution in [0.2, 0.25) is 0 Å². The summed E-state index contributed by atoms with van der Waals surface area (Å²) in [5.74, 6) is 1.04. The number of aromatic nitrogens is 1. The molecule has 1 aromatic heterocycles. The molecule has 21 heavy (non-hydrogen) atoms. The molecule has 4 nitrogen and oxygen atoms in total. The molecule has 0 unspecified atom stereocenters. The van der Waals surface area contributed by atoms with E-state index in [2.05, 4.69) is 32.5 Å². The monoisotopic (exact) mass is 420 g/mol. The molecule has 0 aromatic carbocycles. The van der Waals surface area contributed by atoms with Crippen LogP contribution in [0.25, 0.3) is 0 Å². The lowest BCUT2D eigenvalue weighted by atomic mass is 9.68. The quantitative estimate of drug-likeness (QED) is 0.464. The zero-order valence-corrected chi connectivity index (χ0v) is 16.0. The first-order chi connectivity index (χ1) is 9.74. The van der Waals surface area contributed by atoms with E-state index >= 15 is 0 Å². The Balaban J connectivity index is 0.00000161. The van der Waals surface area contributed by atoms with Gasteiger partial charge in [0.1, 0.15) is 0 Å². The van der Waals surface area contributed by atoms with Crippen molar-refractivity contribution in [3.63, 3.8) is 0 Å². The van der Waals surface area contributed by atoms with Gasteiger partial charge in [0.15, 0.2) is 5.96 Å². The lowest BCUT2D eigenvalue weighted by molar-refractivity contribution is 0.151. The molecule has 6 heteroatoms. The van der Waals surface area contributed by atoms with E-state index < -0.39 is 0 Å². The Morgan fingerprint density at radius 2 is 2.29 bits per heavy atom. The summed E-state index contributed by atoms with van der Waals surface area (Å²) in [5.41, 5.74) is 1.75. The summed E-state index contributed by atoms with van der Waals surface area (Å²) >= 11 is 1.75. The molecule has 0 bridgehead atoms. The molecule has 2 fully saturated rings. The fourth-order valence-electron chi connectivity index (χ4n) is 3.30. The van der Waals surface area contributed by atoms with Gasteiger partial charge in [0.2, 0.25) is 0 Å². The molecule has 2 aliphatic rings. The summed E-state index contributed by atoms with van der Waals surface area (Å²) in [4.78, 5) is 11.5. The van der Waals surface area contributed by atoms with Crippen molar-refractivity contribution in [3.8, 4) is 0 Å². The van der Waals surface area contributed by atoms with Crippen LogP contribution in [0.15, 0.2) is 10.4 Å². The van der Waals surface area contributed by atoms with Gasteiger partial charge >= 0.3 is 0 Å². The summed E-state index contributed by atoms with van der Waals surface area (Å²) in [5, 5.41) is 6.83. The number of nitrogens with one attached hydrogen (secondary N) is 1. The van der Waals surface area contributed by atoms with Gasteiger partial charge in [-0.15, -0.1) is 35.3 Å². The minimum atomic E-state index is 0. The first-order valence-corrected chi connectivity index (χ1v) is 8.51. The van der Waals surface area contributed by atoms with E-state index in [-0.39, 0.29) is 24.0 Å². The van der Waals surface area contributed by atoms with Crippen molar-refractivity contribution in [1.29, 1.82) is 0 Å². The first kappa shape index (κ1) is 17.0. The maximum atomic E-state index is 4.60. The molecule has 1 aliphatic heterocycles. The van der Waals surface area contributed by atoms with Crippen molar-refractivity contribution in [2.75, 3.05) is 20.1 Å². The molecule has 3 rings (SSSR count). The SMILES string of the molecule is CCc1nc(CNC(=NC)N2CCC3(CCC3)C2)cs1.I.